The monoisotopic (exact) mass is 1100 g/mol. The van der Waals surface area contributed by atoms with E-state index in [-0.39, 0.29) is 51.5 Å². The van der Waals surface area contributed by atoms with Crippen LogP contribution in [0.5, 0.6) is 0 Å². The largest absolute Gasteiger partial charge is 0.465 e. The van der Waals surface area contributed by atoms with Gasteiger partial charge in [-0.05, 0) is 80.8 Å². The van der Waals surface area contributed by atoms with Gasteiger partial charge in [0.05, 0.1) is 28.0 Å². The minimum atomic E-state index is -5.22. The predicted octanol–water partition coefficient (Wildman–Crippen LogP) is 7.29. The highest BCUT2D eigenvalue weighted by Crippen LogP contribution is 2.68. The molecule has 0 bridgehead atoms. The maximum atomic E-state index is 15.6. The molecule has 0 saturated heterocycles. The fourth-order valence-electron chi connectivity index (χ4n) is 8.34. The molecule has 0 radical (unpaired) electrons. The number of sulfonamides is 1. The number of rotatable bonds is 16. The van der Waals surface area contributed by atoms with Crippen LogP contribution in [0.4, 0.5) is 48.7 Å². The second-order valence-electron chi connectivity index (χ2n) is 17.8. The molecule has 3 aromatic heterocycles. The average Bonchev–Trinajstić information content (AvgIpc) is 3.77. The van der Waals surface area contributed by atoms with Gasteiger partial charge >= 0.3 is 18.4 Å². The van der Waals surface area contributed by atoms with E-state index in [1.54, 1.807) is 4.72 Å². The number of carbonyl (C=O) groups excluding carboxylic acids is 2. The maximum Gasteiger partial charge on any atom is 0.435 e. The van der Waals surface area contributed by atoms with Gasteiger partial charge in [-0.2, -0.15) is 45.3 Å². The van der Waals surface area contributed by atoms with Gasteiger partial charge in [0.25, 0.3) is 5.92 Å². The Morgan fingerprint density at radius 3 is 2.22 bits per heavy atom. The molecule has 5 aromatic rings. The number of alkyl halides is 8. The third-order valence-electron chi connectivity index (χ3n) is 11.9. The average molecular weight is 1100 g/mol. The van der Waals surface area contributed by atoms with Crippen molar-refractivity contribution in [2.45, 2.75) is 93.4 Å². The van der Waals surface area contributed by atoms with Gasteiger partial charge in [-0.3, -0.25) is 23.7 Å². The number of halogens is 11. The zero-order chi connectivity index (χ0) is 54.0. The molecule has 2 aliphatic rings. The maximum absolute atomic E-state index is 15.6. The van der Waals surface area contributed by atoms with Crippen LogP contribution in [-0.4, -0.2) is 88.1 Å². The second-order valence-corrected chi connectivity index (χ2v) is 22.5. The number of carboxylic acid groups (broad SMARTS) is 1. The minimum Gasteiger partial charge on any atom is -0.465 e. The first kappa shape index (κ1) is 54.3. The quantitative estimate of drug-likeness (QED) is 0.0436. The summed E-state index contributed by atoms with van der Waals surface area (Å²) in [7, 11) is -8.71. The van der Waals surface area contributed by atoms with Gasteiger partial charge in [0, 0.05) is 53.3 Å². The van der Waals surface area contributed by atoms with E-state index in [1.807, 2.05) is 5.32 Å². The van der Waals surface area contributed by atoms with Crippen LogP contribution >= 0.6 is 11.6 Å². The van der Waals surface area contributed by atoms with Crippen LogP contribution in [0.3, 0.4) is 0 Å². The van der Waals surface area contributed by atoms with Crippen molar-refractivity contribution < 1.29 is 80.2 Å². The van der Waals surface area contributed by atoms with Crippen LogP contribution in [0.1, 0.15) is 84.7 Å². The Hall–Kier alpha value is -6.47. The number of nitrogens with one attached hydrogen (secondary N) is 3. The first-order valence-corrected chi connectivity index (χ1v) is 25.4. The number of nitrogens with zero attached hydrogens (tertiary/aromatic N) is 5. The second kappa shape index (κ2) is 19.4. The Balaban J connectivity index is 1.40. The number of pyridine rings is 1. The predicted molar refractivity (Wildman–Crippen MR) is 239 cm³/mol. The Bertz CT molecular complexity index is 3350. The van der Waals surface area contributed by atoms with Crippen LogP contribution in [0, 0.1) is 29.4 Å². The Morgan fingerprint density at radius 1 is 0.945 bits per heavy atom. The Morgan fingerprint density at radius 2 is 1.60 bits per heavy atom. The molecule has 1 fully saturated rings. The van der Waals surface area contributed by atoms with Gasteiger partial charge in [0.2, 0.25) is 21.8 Å². The van der Waals surface area contributed by atoms with Crippen molar-refractivity contribution in [3.63, 3.8) is 0 Å². The van der Waals surface area contributed by atoms with Gasteiger partial charge < -0.3 is 15.7 Å². The molecule has 1 saturated carbocycles. The lowest BCUT2D eigenvalue weighted by atomic mass is 9.93. The van der Waals surface area contributed by atoms with E-state index in [2.05, 4.69) is 32.3 Å². The molecule has 0 aliphatic heterocycles. The first-order chi connectivity index (χ1) is 33.7. The molecule has 29 heteroatoms. The lowest BCUT2D eigenvalue weighted by Crippen LogP contribution is -2.35. The van der Waals surface area contributed by atoms with Crippen LogP contribution in [0.15, 0.2) is 42.5 Å². The molecular weight excluding hydrogens is 1060 g/mol. The topological polar surface area (TPSA) is 224 Å². The van der Waals surface area contributed by atoms with Crippen LogP contribution < -0.4 is 15.4 Å². The van der Waals surface area contributed by atoms with Crippen LogP contribution in [0.2, 0.25) is 5.02 Å². The SMILES string of the molecule is CC(C)(C#Cc1ccc(-c2ccc(Cl)c3c(CS(=O)(=O)NC(=O)CCCNC(=O)O)nn(CC(F)(F)F)c23)c([C@H](Cc2cc(F)cc(F)c2)NC(=O)Cn2nc(C(F)(F)F)c3c2C(F)(F)[C@@H]2C[C@H]32)n1)S(C)(=O)=O. The molecule has 16 nitrogen and oxygen atoms in total. The van der Waals surface area contributed by atoms with E-state index < -0.39 is 161 Å². The third kappa shape index (κ3) is 12.0. The number of hydrogen-bond donors (Lipinski definition) is 4. The summed E-state index contributed by atoms with van der Waals surface area (Å²) in [6.45, 7) is -0.990. The van der Waals surface area contributed by atoms with E-state index in [9.17, 15) is 66.3 Å². The first-order valence-electron chi connectivity index (χ1n) is 21.4. The van der Waals surface area contributed by atoms with Crippen molar-refractivity contribution >= 4 is 60.3 Å². The zero-order valence-electron chi connectivity index (χ0n) is 37.9. The zero-order valence-corrected chi connectivity index (χ0v) is 40.3. The van der Waals surface area contributed by atoms with Crippen molar-refractivity contribution in [3.8, 4) is 23.0 Å². The third-order valence-corrected chi connectivity index (χ3v) is 15.3. The van der Waals surface area contributed by atoms with Crippen molar-refractivity contribution in [1.82, 2.24) is 39.9 Å². The summed E-state index contributed by atoms with van der Waals surface area (Å²) >= 11 is 6.57. The highest BCUT2D eigenvalue weighted by Gasteiger charge is 2.68. The number of aromatic nitrogens is 5. The molecular formula is C44H39ClF10N8O8S2. The molecule has 0 spiro atoms. The number of benzene rings is 2. The van der Waals surface area contributed by atoms with Crippen LogP contribution in [-0.2, 0) is 66.8 Å². The van der Waals surface area contributed by atoms with E-state index in [4.69, 9.17) is 16.7 Å². The molecule has 73 heavy (non-hydrogen) atoms. The van der Waals surface area contributed by atoms with E-state index in [1.165, 1.54) is 13.8 Å². The fraction of sp³-hybridized carbons (Fsp3) is 0.409. The summed E-state index contributed by atoms with van der Waals surface area (Å²) in [5.41, 5.74) is -6.33. The van der Waals surface area contributed by atoms with Gasteiger partial charge in [0.15, 0.2) is 15.5 Å². The molecule has 0 unspecified atom stereocenters. The fourth-order valence-corrected chi connectivity index (χ4v) is 9.92. The van der Waals surface area contributed by atoms with Gasteiger partial charge in [0.1, 0.15) is 46.6 Å². The van der Waals surface area contributed by atoms with Gasteiger partial charge in [-0.25, -0.2) is 35.4 Å². The Kier molecular flexibility index (Phi) is 14.4. The molecule has 2 aliphatic carbocycles. The standard InChI is InChI=1S/C44H39ClF10N8O8S2/c1-41(2,72(3,68)69)11-10-24-6-7-25(26-8-9-29(45)35-31(59-63(37(26)35)20-42(48,49)50)19-73(70,71)61-32(64)5-4-12-56-40(66)67)36(57-24)30(15-21-13-22(46)16-23(47)14-21)58-33(65)18-62-39-34(38(60-62)44(53,54)55)27-17-28(27)43(39,51)52/h6-9,13-14,16,27-28,30,56H,4-5,12,15,17-20H2,1-3H3,(H,58,65)(H,61,64)(H,66,67)/t27-,28+,30-/m0/s1. The van der Waals surface area contributed by atoms with Gasteiger partial charge in [-0.15, -0.1) is 0 Å². The number of fused-ring (bicyclic) bond motifs is 4. The number of carbonyl (C=O) groups is 3. The summed E-state index contributed by atoms with van der Waals surface area (Å²) in [6, 6.07) is 4.87. The molecule has 7 rings (SSSR count). The molecule has 3 heterocycles. The smallest absolute Gasteiger partial charge is 0.435 e. The van der Waals surface area contributed by atoms with Crippen molar-refractivity contribution in [1.29, 1.82) is 0 Å². The van der Waals surface area contributed by atoms with Gasteiger partial charge in [-0.1, -0.05) is 23.6 Å². The highest BCUT2D eigenvalue weighted by atomic mass is 35.5. The molecule has 392 valence electrons. The summed E-state index contributed by atoms with van der Waals surface area (Å²) in [5.74, 6) is -7.46. The van der Waals surface area contributed by atoms with Crippen molar-refractivity contribution in [2.24, 2.45) is 5.92 Å². The summed E-state index contributed by atoms with van der Waals surface area (Å²) in [6.07, 6.45) is -12.5. The minimum absolute atomic E-state index is 0.154. The normalized spacial score (nSPS) is 16.8. The molecule has 4 N–H and O–H groups in total. The van der Waals surface area contributed by atoms with E-state index in [0.717, 1.165) is 42.7 Å². The summed E-state index contributed by atoms with van der Waals surface area (Å²) < 4.78 is 199. The highest BCUT2D eigenvalue weighted by molar-refractivity contribution is 7.92. The molecule has 3 atom stereocenters. The molecule has 3 amide bonds. The van der Waals surface area contributed by atoms with Crippen LogP contribution in [0.25, 0.3) is 22.0 Å². The number of sulfone groups is 1. The Labute approximate surface area is 412 Å². The number of amides is 3. The lowest BCUT2D eigenvalue weighted by molar-refractivity contribution is -0.143. The number of hydrogen-bond acceptors (Lipinski definition) is 10. The van der Waals surface area contributed by atoms with E-state index >= 15 is 8.78 Å². The van der Waals surface area contributed by atoms with E-state index in [0.29, 0.717) is 10.7 Å². The van der Waals surface area contributed by atoms with Crippen molar-refractivity contribution in [2.75, 3.05) is 12.8 Å². The summed E-state index contributed by atoms with van der Waals surface area (Å²) in [4.78, 5) is 41.9. The molecule has 2 aromatic carbocycles. The summed E-state index contributed by atoms with van der Waals surface area (Å²) in [5, 5.41) is 19.6. The van der Waals surface area contributed by atoms with Crippen molar-refractivity contribution in [3.05, 3.63) is 98.7 Å². The lowest BCUT2D eigenvalue weighted by Gasteiger charge is -2.23.